The highest BCUT2D eigenvalue weighted by Crippen LogP contribution is 2.33. The summed E-state index contributed by atoms with van der Waals surface area (Å²) < 4.78 is 44.0. The largest absolute Gasteiger partial charge is 0.461 e. The average Bonchev–Trinajstić information content (AvgIpc) is 2.55. The Bertz CT molecular complexity index is 964. The highest BCUT2D eigenvalue weighted by atomic mass is 19.4. The van der Waals surface area contributed by atoms with Gasteiger partial charge in [0.15, 0.2) is 5.69 Å². The van der Waals surface area contributed by atoms with Crippen molar-refractivity contribution < 1.29 is 22.7 Å². The standard InChI is InChI=1S/C19H16F3NO2/c1-3-25-18(24)17-11(2)16-13-7-5-4-6-12(13)8-9-14(16)15(23-17)10-19(20,21)22/h4-9H,3,10H2,1-2H3. The van der Waals surface area contributed by atoms with E-state index in [0.29, 0.717) is 16.3 Å². The molecular weight excluding hydrogens is 331 g/mol. The zero-order valence-electron chi connectivity index (χ0n) is 13.8. The molecule has 3 nitrogen and oxygen atoms in total. The second kappa shape index (κ2) is 6.35. The first kappa shape index (κ1) is 17.2. The van der Waals surface area contributed by atoms with E-state index in [9.17, 15) is 18.0 Å². The summed E-state index contributed by atoms with van der Waals surface area (Å²) in [5, 5.41) is 2.68. The fraction of sp³-hybridized carbons (Fsp3) is 0.263. The quantitative estimate of drug-likeness (QED) is 0.496. The Labute approximate surface area is 142 Å². The molecule has 0 saturated heterocycles. The summed E-state index contributed by atoms with van der Waals surface area (Å²) in [6.07, 6.45) is -5.62. The maximum absolute atomic E-state index is 13.0. The van der Waals surface area contributed by atoms with Crippen LogP contribution in [0.5, 0.6) is 0 Å². The van der Waals surface area contributed by atoms with E-state index in [-0.39, 0.29) is 18.0 Å². The van der Waals surface area contributed by atoms with Crippen LogP contribution >= 0.6 is 0 Å². The predicted octanol–water partition coefficient (Wildman–Crippen LogP) is 4.98. The Morgan fingerprint density at radius 2 is 1.84 bits per heavy atom. The molecule has 3 rings (SSSR count). The number of rotatable bonds is 3. The summed E-state index contributed by atoms with van der Waals surface area (Å²) >= 11 is 0. The van der Waals surface area contributed by atoms with E-state index in [4.69, 9.17) is 4.74 Å². The van der Waals surface area contributed by atoms with Crippen LogP contribution in [0.15, 0.2) is 36.4 Å². The van der Waals surface area contributed by atoms with Gasteiger partial charge in [0, 0.05) is 5.39 Å². The van der Waals surface area contributed by atoms with Gasteiger partial charge in [-0.05, 0) is 35.6 Å². The number of nitrogens with zero attached hydrogens (tertiary/aromatic N) is 1. The predicted molar refractivity (Wildman–Crippen MR) is 89.7 cm³/mol. The summed E-state index contributed by atoms with van der Waals surface area (Å²) in [4.78, 5) is 16.2. The van der Waals surface area contributed by atoms with Crippen molar-refractivity contribution in [2.24, 2.45) is 0 Å². The maximum Gasteiger partial charge on any atom is 0.394 e. The number of benzene rings is 2. The SMILES string of the molecule is CCOC(=O)c1nc(CC(F)(F)F)c2ccc3ccccc3c2c1C. The molecule has 0 aliphatic carbocycles. The van der Waals surface area contributed by atoms with E-state index < -0.39 is 18.6 Å². The molecule has 0 aliphatic heterocycles. The lowest BCUT2D eigenvalue weighted by Crippen LogP contribution is -2.17. The molecule has 130 valence electrons. The third-order valence-corrected chi connectivity index (χ3v) is 4.05. The number of hydrogen-bond acceptors (Lipinski definition) is 3. The molecule has 6 heteroatoms. The fourth-order valence-corrected chi connectivity index (χ4v) is 3.04. The number of carbonyl (C=O) groups excluding carboxylic acids is 1. The van der Waals surface area contributed by atoms with Gasteiger partial charge in [-0.3, -0.25) is 0 Å². The zero-order valence-corrected chi connectivity index (χ0v) is 13.8. The Morgan fingerprint density at radius 1 is 1.12 bits per heavy atom. The van der Waals surface area contributed by atoms with Crippen molar-refractivity contribution in [1.82, 2.24) is 4.98 Å². The van der Waals surface area contributed by atoms with Gasteiger partial charge in [0.05, 0.1) is 18.7 Å². The summed E-state index contributed by atoms with van der Waals surface area (Å²) in [7, 11) is 0. The number of carbonyl (C=O) groups is 1. The first-order valence-corrected chi connectivity index (χ1v) is 7.86. The number of aryl methyl sites for hydroxylation is 1. The molecule has 0 saturated carbocycles. The third kappa shape index (κ3) is 3.29. The number of aromatic nitrogens is 1. The van der Waals surface area contributed by atoms with Crippen LogP contribution < -0.4 is 0 Å². The molecule has 25 heavy (non-hydrogen) atoms. The lowest BCUT2D eigenvalue weighted by Gasteiger charge is -2.15. The van der Waals surface area contributed by atoms with Gasteiger partial charge in [0.25, 0.3) is 0 Å². The van der Waals surface area contributed by atoms with Gasteiger partial charge in [-0.15, -0.1) is 0 Å². The first-order chi connectivity index (χ1) is 11.8. The van der Waals surface area contributed by atoms with Crippen molar-refractivity contribution in [3.05, 3.63) is 53.3 Å². The number of halogens is 3. The molecule has 0 aliphatic rings. The Hall–Kier alpha value is -2.63. The van der Waals surface area contributed by atoms with Crippen LogP contribution in [-0.2, 0) is 11.2 Å². The van der Waals surface area contributed by atoms with E-state index in [2.05, 4.69) is 4.98 Å². The number of alkyl halides is 3. The molecule has 3 aromatic rings. The zero-order chi connectivity index (χ0) is 18.2. The van der Waals surface area contributed by atoms with Crippen molar-refractivity contribution in [3.63, 3.8) is 0 Å². The number of ether oxygens (including phenoxy) is 1. The average molecular weight is 347 g/mol. The monoisotopic (exact) mass is 347 g/mol. The Morgan fingerprint density at radius 3 is 2.52 bits per heavy atom. The van der Waals surface area contributed by atoms with Gasteiger partial charge < -0.3 is 4.74 Å². The molecule has 1 heterocycles. The number of esters is 1. The van der Waals surface area contributed by atoms with Crippen LogP contribution in [-0.4, -0.2) is 23.7 Å². The molecule has 0 radical (unpaired) electrons. The highest BCUT2D eigenvalue weighted by molar-refractivity contribution is 6.12. The normalized spacial score (nSPS) is 11.9. The molecule has 0 bridgehead atoms. The van der Waals surface area contributed by atoms with Gasteiger partial charge in [0.1, 0.15) is 0 Å². The molecule has 0 amide bonds. The molecule has 2 aromatic carbocycles. The van der Waals surface area contributed by atoms with E-state index in [0.717, 1.165) is 10.8 Å². The fourth-order valence-electron chi connectivity index (χ4n) is 3.04. The van der Waals surface area contributed by atoms with E-state index in [1.807, 2.05) is 24.3 Å². The van der Waals surface area contributed by atoms with Gasteiger partial charge in [0.2, 0.25) is 0 Å². The van der Waals surface area contributed by atoms with Crippen molar-refractivity contribution >= 4 is 27.5 Å². The van der Waals surface area contributed by atoms with E-state index in [1.54, 1.807) is 26.0 Å². The minimum Gasteiger partial charge on any atom is -0.461 e. The number of pyridine rings is 1. The number of hydrogen-bond donors (Lipinski definition) is 0. The Balaban J connectivity index is 2.39. The minimum absolute atomic E-state index is 0.0649. The molecule has 0 atom stereocenters. The summed E-state index contributed by atoms with van der Waals surface area (Å²) in [5.74, 6) is -0.710. The topological polar surface area (TPSA) is 39.2 Å². The van der Waals surface area contributed by atoms with Crippen molar-refractivity contribution in [2.45, 2.75) is 26.4 Å². The van der Waals surface area contributed by atoms with Crippen LogP contribution in [0.2, 0.25) is 0 Å². The van der Waals surface area contributed by atoms with Crippen LogP contribution in [0.4, 0.5) is 13.2 Å². The summed E-state index contributed by atoms with van der Waals surface area (Å²) in [5.41, 5.74) is 0.294. The molecule has 0 fully saturated rings. The van der Waals surface area contributed by atoms with Crippen molar-refractivity contribution in [2.75, 3.05) is 6.61 Å². The smallest absolute Gasteiger partial charge is 0.394 e. The van der Waals surface area contributed by atoms with Gasteiger partial charge in [-0.1, -0.05) is 36.4 Å². The number of fused-ring (bicyclic) bond motifs is 3. The van der Waals surface area contributed by atoms with Crippen LogP contribution in [0, 0.1) is 6.92 Å². The lowest BCUT2D eigenvalue weighted by atomic mass is 9.95. The van der Waals surface area contributed by atoms with Gasteiger partial charge in [-0.25, -0.2) is 9.78 Å². The third-order valence-electron chi connectivity index (χ3n) is 4.05. The first-order valence-electron chi connectivity index (χ1n) is 7.86. The Kier molecular flexibility index (Phi) is 4.37. The second-order valence-corrected chi connectivity index (χ2v) is 5.75. The molecule has 0 unspecified atom stereocenters. The molecule has 1 aromatic heterocycles. The van der Waals surface area contributed by atoms with Crippen LogP contribution in [0.1, 0.15) is 28.7 Å². The van der Waals surface area contributed by atoms with E-state index in [1.165, 1.54) is 0 Å². The van der Waals surface area contributed by atoms with E-state index >= 15 is 0 Å². The molecular formula is C19H16F3NO2. The van der Waals surface area contributed by atoms with Crippen molar-refractivity contribution in [3.8, 4) is 0 Å². The molecule has 0 N–H and O–H groups in total. The van der Waals surface area contributed by atoms with Gasteiger partial charge in [-0.2, -0.15) is 13.2 Å². The second-order valence-electron chi connectivity index (χ2n) is 5.75. The minimum atomic E-state index is -4.42. The summed E-state index contributed by atoms with van der Waals surface area (Å²) in [6, 6.07) is 10.8. The van der Waals surface area contributed by atoms with Crippen molar-refractivity contribution in [1.29, 1.82) is 0 Å². The highest BCUT2D eigenvalue weighted by Gasteiger charge is 2.31. The lowest BCUT2D eigenvalue weighted by molar-refractivity contribution is -0.127. The summed E-state index contributed by atoms with van der Waals surface area (Å²) in [6.45, 7) is 3.45. The molecule has 0 spiro atoms. The van der Waals surface area contributed by atoms with Gasteiger partial charge >= 0.3 is 12.1 Å². The van der Waals surface area contributed by atoms with Crippen LogP contribution in [0.25, 0.3) is 21.5 Å². The maximum atomic E-state index is 13.0. The van der Waals surface area contributed by atoms with Crippen LogP contribution in [0.3, 0.4) is 0 Å².